The second kappa shape index (κ2) is 10.3. The molecule has 2 rings (SSSR count). The van der Waals surface area contributed by atoms with Crippen molar-refractivity contribution < 1.29 is 14.3 Å². The van der Waals surface area contributed by atoms with E-state index in [0.29, 0.717) is 24.7 Å². The Morgan fingerprint density at radius 1 is 1.12 bits per heavy atom. The third-order valence-corrected chi connectivity index (χ3v) is 4.42. The van der Waals surface area contributed by atoms with Gasteiger partial charge in [0.2, 0.25) is 5.91 Å². The second-order valence-electron chi connectivity index (χ2n) is 5.29. The number of carbonyl (C=O) groups is 1. The van der Waals surface area contributed by atoms with E-state index < -0.39 is 0 Å². The number of nitrogens with zero attached hydrogens (tertiary/aromatic N) is 1. The number of ether oxygens (including phenoxy) is 2. The van der Waals surface area contributed by atoms with E-state index in [1.54, 1.807) is 6.21 Å². The van der Waals surface area contributed by atoms with Gasteiger partial charge in [0.1, 0.15) is 0 Å². The molecule has 1 N–H and O–H groups in total. The summed E-state index contributed by atoms with van der Waals surface area (Å²) in [6.07, 6.45) is 1.84. The monoisotopic (exact) mass is 482 g/mol. The predicted octanol–water partition coefficient (Wildman–Crippen LogP) is 4.70. The number of nitrogens with one attached hydrogen (secondary N) is 1. The molecule has 0 radical (unpaired) electrons. The van der Waals surface area contributed by atoms with E-state index in [9.17, 15) is 4.79 Å². The van der Waals surface area contributed by atoms with Crippen LogP contribution >= 0.6 is 31.9 Å². The van der Waals surface area contributed by atoms with Crippen LogP contribution in [0.4, 0.5) is 0 Å². The molecule has 0 fully saturated rings. The van der Waals surface area contributed by atoms with Gasteiger partial charge in [0.25, 0.3) is 0 Å². The van der Waals surface area contributed by atoms with Gasteiger partial charge in [-0.05, 0) is 65.2 Å². The maximum Gasteiger partial charge on any atom is 0.244 e. The van der Waals surface area contributed by atoms with Gasteiger partial charge in [-0.1, -0.05) is 28.1 Å². The van der Waals surface area contributed by atoms with Crippen LogP contribution in [0, 0.1) is 0 Å². The van der Waals surface area contributed by atoms with Crippen LogP contribution in [0.25, 0.3) is 0 Å². The van der Waals surface area contributed by atoms with E-state index in [1.165, 1.54) is 0 Å². The summed E-state index contributed by atoms with van der Waals surface area (Å²) in [6.45, 7) is 4.89. The summed E-state index contributed by atoms with van der Waals surface area (Å²) >= 11 is 6.85. The Bertz CT molecular complexity index is 777. The summed E-state index contributed by atoms with van der Waals surface area (Å²) in [4.78, 5) is 12.0. The minimum absolute atomic E-state index is 0.182. The summed E-state index contributed by atoms with van der Waals surface area (Å²) in [5.41, 5.74) is 4.24. The van der Waals surface area contributed by atoms with E-state index >= 15 is 0 Å². The predicted molar refractivity (Wildman–Crippen MR) is 110 cm³/mol. The van der Waals surface area contributed by atoms with Gasteiger partial charge < -0.3 is 9.47 Å². The number of halogens is 2. The number of hydrogen-bond acceptors (Lipinski definition) is 4. The standard InChI is InChI=1S/C19H20Br2N2O3/c1-3-25-17-10-14(9-16(21)19(17)26-4-2)12-22-23-18(24)11-13-5-7-15(20)8-6-13/h5-10,12H,3-4,11H2,1-2H3,(H,23,24)/b22-12+. The number of hydrazone groups is 1. The molecular formula is C19H20Br2N2O3. The van der Waals surface area contributed by atoms with Crippen molar-refractivity contribution in [2.45, 2.75) is 20.3 Å². The van der Waals surface area contributed by atoms with E-state index in [1.807, 2.05) is 50.2 Å². The molecule has 26 heavy (non-hydrogen) atoms. The lowest BCUT2D eigenvalue weighted by Gasteiger charge is -2.13. The number of carbonyl (C=O) groups excluding carboxylic acids is 1. The molecule has 0 aliphatic carbocycles. The molecule has 0 saturated carbocycles. The van der Waals surface area contributed by atoms with Gasteiger partial charge in [0.05, 0.1) is 30.3 Å². The highest BCUT2D eigenvalue weighted by atomic mass is 79.9. The van der Waals surface area contributed by atoms with Gasteiger partial charge in [-0.15, -0.1) is 0 Å². The van der Waals surface area contributed by atoms with Crippen LogP contribution in [0.15, 0.2) is 50.4 Å². The van der Waals surface area contributed by atoms with Crippen molar-refractivity contribution in [2.24, 2.45) is 5.10 Å². The minimum atomic E-state index is -0.182. The van der Waals surface area contributed by atoms with Gasteiger partial charge in [-0.3, -0.25) is 4.79 Å². The first-order valence-corrected chi connectivity index (χ1v) is 9.77. The Labute approximate surface area is 170 Å². The molecule has 2 aromatic carbocycles. The Morgan fingerprint density at radius 2 is 1.81 bits per heavy atom. The second-order valence-corrected chi connectivity index (χ2v) is 7.06. The Hall–Kier alpha value is -1.86. The maximum absolute atomic E-state index is 12.0. The average Bonchev–Trinajstić information content (AvgIpc) is 2.60. The molecule has 7 heteroatoms. The van der Waals surface area contributed by atoms with Crippen molar-refractivity contribution in [3.63, 3.8) is 0 Å². The largest absolute Gasteiger partial charge is 0.490 e. The van der Waals surface area contributed by atoms with Crippen LogP contribution in [0.1, 0.15) is 25.0 Å². The zero-order chi connectivity index (χ0) is 18.9. The van der Waals surface area contributed by atoms with Crippen LogP contribution in [-0.4, -0.2) is 25.3 Å². The normalized spacial score (nSPS) is 10.8. The zero-order valence-electron chi connectivity index (χ0n) is 14.6. The van der Waals surface area contributed by atoms with Crippen LogP contribution < -0.4 is 14.9 Å². The van der Waals surface area contributed by atoms with E-state index in [2.05, 4.69) is 42.4 Å². The van der Waals surface area contributed by atoms with Crippen molar-refractivity contribution >= 4 is 44.0 Å². The average molecular weight is 484 g/mol. The molecule has 5 nitrogen and oxygen atoms in total. The van der Waals surface area contributed by atoms with Gasteiger partial charge in [-0.25, -0.2) is 5.43 Å². The molecule has 0 heterocycles. The first-order chi connectivity index (χ1) is 12.5. The lowest BCUT2D eigenvalue weighted by Crippen LogP contribution is -2.19. The summed E-state index contributed by atoms with van der Waals surface area (Å²) in [5, 5.41) is 4.02. The van der Waals surface area contributed by atoms with Crippen LogP contribution in [0.5, 0.6) is 11.5 Å². The van der Waals surface area contributed by atoms with Crippen molar-refractivity contribution in [2.75, 3.05) is 13.2 Å². The first kappa shape index (κ1) is 20.5. The van der Waals surface area contributed by atoms with Gasteiger partial charge >= 0.3 is 0 Å². The molecule has 0 saturated heterocycles. The lowest BCUT2D eigenvalue weighted by molar-refractivity contribution is -0.120. The summed E-state index contributed by atoms with van der Waals surface area (Å²) in [7, 11) is 0. The first-order valence-electron chi connectivity index (χ1n) is 8.19. The molecule has 138 valence electrons. The topological polar surface area (TPSA) is 59.9 Å². The zero-order valence-corrected chi connectivity index (χ0v) is 17.8. The van der Waals surface area contributed by atoms with Crippen LogP contribution in [0.3, 0.4) is 0 Å². The van der Waals surface area contributed by atoms with Gasteiger partial charge in [0, 0.05) is 4.47 Å². The third-order valence-electron chi connectivity index (χ3n) is 3.30. The van der Waals surface area contributed by atoms with Crippen molar-refractivity contribution in [1.29, 1.82) is 0 Å². The fourth-order valence-corrected chi connectivity index (χ4v) is 3.05. The minimum Gasteiger partial charge on any atom is -0.490 e. The van der Waals surface area contributed by atoms with Crippen molar-refractivity contribution in [3.05, 3.63) is 56.5 Å². The van der Waals surface area contributed by atoms with Gasteiger partial charge in [-0.2, -0.15) is 5.10 Å². The van der Waals surface area contributed by atoms with E-state index in [-0.39, 0.29) is 12.3 Å². The lowest BCUT2D eigenvalue weighted by atomic mass is 10.1. The Kier molecular flexibility index (Phi) is 8.12. The fraction of sp³-hybridized carbons (Fsp3) is 0.263. The molecule has 0 aliphatic heterocycles. The highest BCUT2D eigenvalue weighted by Crippen LogP contribution is 2.36. The summed E-state index contributed by atoms with van der Waals surface area (Å²) in [6, 6.07) is 11.3. The SMILES string of the molecule is CCOc1cc(/C=N/NC(=O)Cc2ccc(Br)cc2)cc(Br)c1OCC. The summed E-state index contributed by atoms with van der Waals surface area (Å²) in [5.74, 6) is 1.11. The molecule has 0 aliphatic rings. The maximum atomic E-state index is 12.0. The smallest absolute Gasteiger partial charge is 0.244 e. The number of hydrogen-bond donors (Lipinski definition) is 1. The summed E-state index contributed by atoms with van der Waals surface area (Å²) < 4.78 is 13.0. The van der Waals surface area contributed by atoms with Crippen molar-refractivity contribution in [1.82, 2.24) is 5.43 Å². The Balaban J connectivity index is 2.02. The Morgan fingerprint density at radius 3 is 2.46 bits per heavy atom. The fourth-order valence-electron chi connectivity index (χ4n) is 2.22. The van der Waals surface area contributed by atoms with E-state index in [4.69, 9.17) is 9.47 Å². The van der Waals surface area contributed by atoms with Gasteiger partial charge in [0.15, 0.2) is 11.5 Å². The van der Waals surface area contributed by atoms with Crippen LogP contribution in [0.2, 0.25) is 0 Å². The molecule has 0 unspecified atom stereocenters. The molecule has 1 amide bonds. The highest BCUT2D eigenvalue weighted by molar-refractivity contribution is 9.10. The molecule has 0 spiro atoms. The number of benzene rings is 2. The quantitative estimate of drug-likeness (QED) is 0.437. The molecule has 0 atom stereocenters. The highest BCUT2D eigenvalue weighted by Gasteiger charge is 2.11. The number of amides is 1. The van der Waals surface area contributed by atoms with E-state index in [0.717, 1.165) is 20.1 Å². The third kappa shape index (κ3) is 6.14. The molecule has 2 aromatic rings. The molecular weight excluding hydrogens is 464 g/mol. The molecule has 0 aromatic heterocycles. The number of rotatable bonds is 8. The van der Waals surface area contributed by atoms with Crippen LogP contribution in [-0.2, 0) is 11.2 Å². The molecule has 0 bridgehead atoms. The van der Waals surface area contributed by atoms with Crippen molar-refractivity contribution in [3.8, 4) is 11.5 Å².